The molecule has 0 saturated heterocycles. The molecule has 0 aliphatic rings. The van der Waals surface area contributed by atoms with Crippen molar-refractivity contribution in [3.05, 3.63) is 45.9 Å². The fraction of sp³-hybridized carbons (Fsp3) is 0.167. The van der Waals surface area contributed by atoms with E-state index in [9.17, 15) is 9.90 Å². The average molecular weight is 418 g/mol. The van der Waals surface area contributed by atoms with Crippen molar-refractivity contribution < 1.29 is 19.4 Å². The van der Waals surface area contributed by atoms with Crippen LogP contribution in [0.1, 0.15) is 15.9 Å². The average Bonchev–Trinajstić information content (AvgIpc) is 2.93. The summed E-state index contributed by atoms with van der Waals surface area (Å²) >= 11 is 3.44. The van der Waals surface area contributed by atoms with Gasteiger partial charge in [-0.25, -0.2) is 0 Å². The van der Waals surface area contributed by atoms with E-state index in [4.69, 9.17) is 9.47 Å². The normalized spacial score (nSPS) is 11.2. The van der Waals surface area contributed by atoms with Gasteiger partial charge in [-0.05, 0) is 42.8 Å². The van der Waals surface area contributed by atoms with Crippen LogP contribution in [0.3, 0.4) is 0 Å². The number of aromatic hydroxyl groups is 1. The van der Waals surface area contributed by atoms with Crippen molar-refractivity contribution in [1.82, 2.24) is 4.98 Å². The summed E-state index contributed by atoms with van der Waals surface area (Å²) in [6, 6.07) is 8.39. The number of halogens is 1. The zero-order valence-electron chi connectivity index (χ0n) is 14.3. The molecular formula is C18H16BrN3O4. The number of aryl methyl sites for hydroxylation is 1. The second-order valence-corrected chi connectivity index (χ2v) is 6.40. The molecular weight excluding hydrogens is 402 g/mol. The van der Waals surface area contributed by atoms with Crippen molar-refractivity contribution in [2.75, 3.05) is 14.2 Å². The van der Waals surface area contributed by atoms with Crippen LogP contribution in [-0.2, 0) is 0 Å². The highest BCUT2D eigenvalue weighted by molar-refractivity contribution is 9.10. The number of benzene rings is 2. The molecule has 0 atom stereocenters. The maximum atomic E-state index is 12.3. The molecule has 0 spiro atoms. The van der Waals surface area contributed by atoms with Crippen LogP contribution in [0.5, 0.6) is 17.4 Å². The van der Waals surface area contributed by atoms with Gasteiger partial charge in [0.15, 0.2) is 17.2 Å². The monoisotopic (exact) mass is 417 g/mol. The Balaban J connectivity index is 1.95. The first kappa shape index (κ1) is 17.9. The van der Waals surface area contributed by atoms with Crippen LogP contribution >= 0.6 is 15.9 Å². The van der Waals surface area contributed by atoms with Gasteiger partial charge >= 0.3 is 0 Å². The Labute approximate surface area is 157 Å². The molecule has 0 aliphatic heterocycles. The maximum Gasteiger partial charge on any atom is 0.295 e. The number of aromatic nitrogens is 1. The second-order valence-electron chi connectivity index (χ2n) is 5.54. The number of carbonyl (C=O) groups excluding carboxylic acids is 1. The van der Waals surface area contributed by atoms with Crippen LogP contribution in [0.25, 0.3) is 10.9 Å². The molecule has 1 aromatic heterocycles. The zero-order valence-corrected chi connectivity index (χ0v) is 15.9. The summed E-state index contributed by atoms with van der Waals surface area (Å²) in [6.07, 6.45) is 0. The van der Waals surface area contributed by atoms with E-state index in [1.54, 1.807) is 12.1 Å². The minimum absolute atomic E-state index is 0.152. The summed E-state index contributed by atoms with van der Waals surface area (Å²) in [4.78, 5) is 15.1. The largest absolute Gasteiger partial charge is 0.493 e. The van der Waals surface area contributed by atoms with Crippen LogP contribution in [0, 0.1) is 6.92 Å². The molecule has 2 aromatic carbocycles. The van der Waals surface area contributed by atoms with Crippen LogP contribution in [0.4, 0.5) is 5.69 Å². The van der Waals surface area contributed by atoms with E-state index in [0.717, 1.165) is 10.0 Å². The molecule has 8 heteroatoms. The molecule has 26 heavy (non-hydrogen) atoms. The van der Waals surface area contributed by atoms with Crippen LogP contribution in [0.15, 0.2) is 45.0 Å². The fourth-order valence-electron chi connectivity index (χ4n) is 2.52. The number of nitrogens with one attached hydrogen (secondary N) is 1. The van der Waals surface area contributed by atoms with Crippen molar-refractivity contribution in [3.63, 3.8) is 0 Å². The van der Waals surface area contributed by atoms with Gasteiger partial charge < -0.3 is 19.6 Å². The summed E-state index contributed by atoms with van der Waals surface area (Å²) < 4.78 is 11.2. The number of hydrogen-bond acceptors (Lipinski definition) is 5. The Hall–Kier alpha value is -2.87. The first-order chi connectivity index (χ1) is 12.4. The van der Waals surface area contributed by atoms with E-state index in [0.29, 0.717) is 28.0 Å². The van der Waals surface area contributed by atoms with E-state index in [2.05, 4.69) is 31.1 Å². The maximum absolute atomic E-state index is 12.3. The third kappa shape index (κ3) is 3.28. The molecule has 0 saturated carbocycles. The smallest absolute Gasteiger partial charge is 0.295 e. The topological polar surface area (TPSA) is 96.3 Å². The van der Waals surface area contributed by atoms with E-state index >= 15 is 0 Å². The number of H-pyrrole nitrogens is 1. The van der Waals surface area contributed by atoms with Crippen molar-refractivity contribution >= 4 is 38.4 Å². The summed E-state index contributed by atoms with van der Waals surface area (Å²) in [5, 5.41) is 18.4. The third-order valence-corrected chi connectivity index (χ3v) is 4.76. The number of nitrogens with zero attached hydrogens (tertiary/aromatic N) is 2. The van der Waals surface area contributed by atoms with Crippen molar-refractivity contribution in [1.29, 1.82) is 0 Å². The lowest BCUT2D eigenvalue weighted by Gasteiger charge is -2.07. The first-order valence-corrected chi connectivity index (χ1v) is 8.42. The second kappa shape index (κ2) is 7.17. The quantitative estimate of drug-likeness (QED) is 0.590. The molecule has 1 amide bonds. The van der Waals surface area contributed by atoms with Crippen molar-refractivity contribution in [2.24, 2.45) is 10.2 Å². The van der Waals surface area contributed by atoms with E-state index in [-0.39, 0.29) is 11.6 Å². The number of rotatable bonds is 4. The number of methoxy groups -OCH3 is 2. The standard InChI is InChI=1S/C18H16BrN3O4/c1-9-6-11-13(8-12(9)19)20-18(24)16(11)21-22-17(23)10-4-5-14(25-2)15(7-10)26-3/h4-8,20,24H,1-3H3. The Kier molecular flexibility index (Phi) is 4.94. The molecule has 0 bridgehead atoms. The highest BCUT2D eigenvalue weighted by atomic mass is 79.9. The van der Waals surface area contributed by atoms with Gasteiger partial charge in [-0.2, -0.15) is 0 Å². The number of hydrogen-bond donors (Lipinski definition) is 2. The molecule has 0 unspecified atom stereocenters. The molecule has 2 N–H and O–H groups in total. The van der Waals surface area contributed by atoms with Gasteiger partial charge in [-0.1, -0.05) is 15.9 Å². The summed E-state index contributed by atoms with van der Waals surface area (Å²) in [5.74, 6) is 0.218. The molecule has 1 heterocycles. The first-order valence-electron chi connectivity index (χ1n) is 7.63. The lowest BCUT2D eigenvalue weighted by molar-refractivity contribution is 0.0994. The Morgan fingerprint density at radius 3 is 2.58 bits per heavy atom. The predicted octanol–water partition coefficient (Wildman–Crippen LogP) is 4.89. The summed E-state index contributed by atoms with van der Waals surface area (Å²) in [7, 11) is 3.00. The number of aromatic amines is 1. The van der Waals surface area contributed by atoms with E-state index in [1.165, 1.54) is 20.3 Å². The molecule has 134 valence electrons. The van der Waals surface area contributed by atoms with Gasteiger partial charge in [0.05, 0.1) is 19.7 Å². The molecule has 0 radical (unpaired) electrons. The number of carbonyl (C=O) groups is 1. The number of ether oxygens (including phenoxy) is 2. The van der Waals surface area contributed by atoms with Gasteiger partial charge in [0.25, 0.3) is 5.91 Å². The summed E-state index contributed by atoms with van der Waals surface area (Å²) in [5.41, 5.74) is 2.17. The molecule has 0 fully saturated rings. The molecule has 3 aromatic rings. The SMILES string of the molecule is COc1ccc(C(=O)N=Nc2c(O)[nH]c3cc(Br)c(C)cc23)cc1OC. The van der Waals surface area contributed by atoms with Gasteiger partial charge in [0.1, 0.15) is 0 Å². The number of azo groups is 1. The fourth-order valence-corrected chi connectivity index (χ4v) is 2.86. The number of amides is 1. The molecule has 0 aliphatic carbocycles. The van der Waals surface area contributed by atoms with Crippen LogP contribution in [-0.4, -0.2) is 30.2 Å². The van der Waals surface area contributed by atoms with Gasteiger partial charge in [0.2, 0.25) is 5.88 Å². The lowest BCUT2D eigenvalue weighted by Crippen LogP contribution is -1.97. The highest BCUT2D eigenvalue weighted by Gasteiger charge is 2.14. The van der Waals surface area contributed by atoms with E-state index < -0.39 is 5.91 Å². The third-order valence-electron chi connectivity index (χ3n) is 3.90. The molecule has 7 nitrogen and oxygen atoms in total. The Bertz CT molecular complexity index is 1030. The Morgan fingerprint density at radius 2 is 1.88 bits per heavy atom. The number of fused-ring (bicyclic) bond motifs is 1. The van der Waals surface area contributed by atoms with Crippen molar-refractivity contribution in [2.45, 2.75) is 6.92 Å². The van der Waals surface area contributed by atoms with E-state index in [1.807, 2.05) is 19.1 Å². The minimum Gasteiger partial charge on any atom is -0.493 e. The predicted molar refractivity (Wildman–Crippen MR) is 101 cm³/mol. The van der Waals surface area contributed by atoms with Gasteiger partial charge in [0, 0.05) is 15.4 Å². The molecule has 3 rings (SSSR count). The van der Waals surface area contributed by atoms with Crippen molar-refractivity contribution in [3.8, 4) is 17.4 Å². The van der Waals surface area contributed by atoms with Gasteiger partial charge in [-0.15, -0.1) is 10.2 Å². The zero-order chi connectivity index (χ0) is 18.8. The highest BCUT2D eigenvalue weighted by Crippen LogP contribution is 2.38. The van der Waals surface area contributed by atoms with Crippen LogP contribution < -0.4 is 9.47 Å². The van der Waals surface area contributed by atoms with Gasteiger partial charge in [-0.3, -0.25) is 4.79 Å². The summed E-state index contributed by atoms with van der Waals surface area (Å²) in [6.45, 7) is 1.92. The minimum atomic E-state index is -0.562. The van der Waals surface area contributed by atoms with Crippen LogP contribution in [0.2, 0.25) is 0 Å². The Morgan fingerprint density at radius 1 is 1.15 bits per heavy atom. The lowest BCUT2D eigenvalue weighted by atomic mass is 10.1.